The van der Waals surface area contributed by atoms with Crippen molar-refractivity contribution >= 4 is 5.95 Å². The zero-order valence-electron chi connectivity index (χ0n) is 12.7. The summed E-state index contributed by atoms with van der Waals surface area (Å²) in [5.74, 6) is 2.42. The fourth-order valence-corrected chi connectivity index (χ4v) is 1.96. The second-order valence-corrected chi connectivity index (χ2v) is 5.23. The summed E-state index contributed by atoms with van der Waals surface area (Å²) in [6, 6.07) is 6.27. The second kappa shape index (κ2) is 5.90. The molecule has 4 heteroatoms. The van der Waals surface area contributed by atoms with E-state index in [2.05, 4.69) is 54.3 Å². The molecule has 106 valence electrons. The molecule has 0 aliphatic heterocycles. The van der Waals surface area contributed by atoms with E-state index in [1.807, 2.05) is 6.92 Å². The number of nitrogens with zero attached hydrogens (tertiary/aromatic N) is 2. The van der Waals surface area contributed by atoms with Crippen molar-refractivity contribution in [3.05, 3.63) is 41.1 Å². The SMILES string of the molecule is CNc1ncc(C)c(Oc2cc(C)ccc2C(C)C)n1. The summed E-state index contributed by atoms with van der Waals surface area (Å²) in [5.41, 5.74) is 3.27. The first-order valence-electron chi connectivity index (χ1n) is 6.81. The van der Waals surface area contributed by atoms with E-state index >= 15 is 0 Å². The lowest BCUT2D eigenvalue weighted by molar-refractivity contribution is 0.449. The summed E-state index contributed by atoms with van der Waals surface area (Å²) in [5, 5.41) is 2.93. The Morgan fingerprint density at radius 1 is 1.20 bits per heavy atom. The summed E-state index contributed by atoms with van der Waals surface area (Å²) in [7, 11) is 1.79. The van der Waals surface area contributed by atoms with Gasteiger partial charge in [0.2, 0.25) is 11.8 Å². The van der Waals surface area contributed by atoms with Gasteiger partial charge in [-0.05, 0) is 37.0 Å². The number of nitrogens with one attached hydrogen (secondary N) is 1. The van der Waals surface area contributed by atoms with Crippen LogP contribution < -0.4 is 10.1 Å². The zero-order chi connectivity index (χ0) is 14.7. The van der Waals surface area contributed by atoms with Crippen LogP contribution in [-0.4, -0.2) is 17.0 Å². The number of ether oxygens (including phenoxy) is 1. The van der Waals surface area contributed by atoms with Gasteiger partial charge in [-0.3, -0.25) is 0 Å². The van der Waals surface area contributed by atoms with Crippen molar-refractivity contribution in [2.75, 3.05) is 12.4 Å². The molecule has 0 aliphatic rings. The maximum absolute atomic E-state index is 6.03. The molecule has 0 unspecified atom stereocenters. The molecule has 0 saturated heterocycles. The van der Waals surface area contributed by atoms with Crippen LogP contribution >= 0.6 is 0 Å². The molecule has 0 saturated carbocycles. The number of benzene rings is 1. The highest BCUT2D eigenvalue weighted by Gasteiger charge is 2.12. The molecule has 0 aliphatic carbocycles. The van der Waals surface area contributed by atoms with Crippen molar-refractivity contribution in [2.45, 2.75) is 33.6 Å². The number of anilines is 1. The maximum atomic E-state index is 6.03. The normalized spacial score (nSPS) is 10.7. The topological polar surface area (TPSA) is 47.0 Å². The van der Waals surface area contributed by atoms with Gasteiger partial charge in [0.25, 0.3) is 0 Å². The van der Waals surface area contributed by atoms with Crippen LogP contribution in [-0.2, 0) is 0 Å². The lowest BCUT2D eigenvalue weighted by atomic mass is 10.0. The predicted octanol–water partition coefficient (Wildman–Crippen LogP) is 4.05. The average Bonchev–Trinajstić information content (AvgIpc) is 2.41. The van der Waals surface area contributed by atoms with E-state index in [0.29, 0.717) is 17.7 Å². The summed E-state index contributed by atoms with van der Waals surface area (Å²) in [6.07, 6.45) is 1.76. The van der Waals surface area contributed by atoms with Crippen molar-refractivity contribution in [1.82, 2.24) is 9.97 Å². The van der Waals surface area contributed by atoms with Gasteiger partial charge in [0, 0.05) is 18.8 Å². The molecule has 2 aromatic rings. The maximum Gasteiger partial charge on any atom is 0.226 e. The third-order valence-electron chi connectivity index (χ3n) is 3.15. The van der Waals surface area contributed by atoms with E-state index < -0.39 is 0 Å². The molecular formula is C16H21N3O. The molecule has 0 atom stereocenters. The van der Waals surface area contributed by atoms with Gasteiger partial charge in [-0.2, -0.15) is 4.98 Å². The van der Waals surface area contributed by atoms with Crippen LogP contribution in [0, 0.1) is 13.8 Å². The van der Waals surface area contributed by atoms with Crippen LogP contribution in [0.15, 0.2) is 24.4 Å². The fourth-order valence-electron chi connectivity index (χ4n) is 1.96. The second-order valence-electron chi connectivity index (χ2n) is 5.23. The Balaban J connectivity index is 2.41. The molecule has 0 spiro atoms. The van der Waals surface area contributed by atoms with Crippen molar-refractivity contribution in [3.63, 3.8) is 0 Å². The largest absolute Gasteiger partial charge is 0.438 e. The van der Waals surface area contributed by atoms with Crippen LogP contribution in [0.25, 0.3) is 0 Å². The number of rotatable bonds is 4. The van der Waals surface area contributed by atoms with Crippen LogP contribution in [0.5, 0.6) is 11.6 Å². The van der Waals surface area contributed by atoms with E-state index in [-0.39, 0.29) is 0 Å². The summed E-state index contributed by atoms with van der Waals surface area (Å²) >= 11 is 0. The van der Waals surface area contributed by atoms with Crippen LogP contribution in [0.4, 0.5) is 5.95 Å². The Kier molecular flexibility index (Phi) is 4.23. The Morgan fingerprint density at radius 2 is 1.95 bits per heavy atom. The van der Waals surface area contributed by atoms with Gasteiger partial charge >= 0.3 is 0 Å². The monoisotopic (exact) mass is 271 g/mol. The standard InChI is InChI=1S/C16H21N3O/c1-10(2)13-7-6-11(3)8-14(13)20-15-12(4)9-18-16(17-5)19-15/h6-10H,1-5H3,(H,17,18,19). The third kappa shape index (κ3) is 3.07. The first kappa shape index (κ1) is 14.3. The van der Waals surface area contributed by atoms with E-state index in [4.69, 9.17) is 4.74 Å². The van der Waals surface area contributed by atoms with Gasteiger partial charge in [0.15, 0.2) is 0 Å². The lowest BCUT2D eigenvalue weighted by Crippen LogP contribution is -2.01. The molecule has 1 heterocycles. The van der Waals surface area contributed by atoms with E-state index in [1.54, 1.807) is 13.2 Å². The predicted molar refractivity (Wildman–Crippen MR) is 81.7 cm³/mol. The van der Waals surface area contributed by atoms with E-state index in [1.165, 1.54) is 11.1 Å². The molecular weight excluding hydrogens is 250 g/mol. The number of aromatic nitrogens is 2. The summed E-state index contributed by atoms with van der Waals surface area (Å²) < 4.78 is 6.03. The minimum absolute atomic E-state index is 0.400. The highest BCUT2D eigenvalue weighted by molar-refractivity contribution is 5.43. The molecule has 0 amide bonds. The fraction of sp³-hybridized carbons (Fsp3) is 0.375. The van der Waals surface area contributed by atoms with Crippen molar-refractivity contribution < 1.29 is 4.74 Å². The smallest absolute Gasteiger partial charge is 0.226 e. The van der Waals surface area contributed by atoms with Gasteiger partial charge in [-0.25, -0.2) is 4.98 Å². The van der Waals surface area contributed by atoms with Gasteiger partial charge < -0.3 is 10.1 Å². The Morgan fingerprint density at radius 3 is 2.60 bits per heavy atom. The van der Waals surface area contributed by atoms with Crippen LogP contribution in [0.2, 0.25) is 0 Å². The Hall–Kier alpha value is -2.10. The minimum atomic E-state index is 0.400. The van der Waals surface area contributed by atoms with E-state index in [9.17, 15) is 0 Å². The molecule has 1 aromatic heterocycles. The quantitative estimate of drug-likeness (QED) is 0.911. The Bertz CT molecular complexity index is 609. The average molecular weight is 271 g/mol. The molecule has 0 radical (unpaired) electrons. The number of aryl methyl sites for hydroxylation is 2. The van der Waals surface area contributed by atoms with Crippen molar-refractivity contribution in [1.29, 1.82) is 0 Å². The Labute approximate surface area is 120 Å². The van der Waals surface area contributed by atoms with Crippen molar-refractivity contribution in [2.24, 2.45) is 0 Å². The zero-order valence-corrected chi connectivity index (χ0v) is 12.7. The van der Waals surface area contributed by atoms with Gasteiger partial charge in [0.1, 0.15) is 5.75 Å². The van der Waals surface area contributed by atoms with Gasteiger partial charge in [-0.1, -0.05) is 26.0 Å². The van der Waals surface area contributed by atoms with Crippen LogP contribution in [0.3, 0.4) is 0 Å². The molecule has 0 bridgehead atoms. The lowest BCUT2D eigenvalue weighted by Gasteiger charge is -2.15. The highest BCUT2D eigenvalue weighted by Crippen LogP contribution is 2.32. The summed E-state index contributed by atoms with van der Waals surface area (Å²) in [6.45, 7) is 8.31. The van der Waals surface area contributed by atoms with Crippen molar-refractivity contribution in [3.8, 4) is 11.6 Å². The number of hydrogen-bond donors (Lipinski definition) is 1. The molecule has 0 fully saturated rings. The highest BCUT2D eigenvalue weighted by atomic mass is 16.5. The molecule has 20 heavy (non-hydrogen) atoms. The van der Waals surface area contributed by atoms with Gasteiger partial charge in [0.05, 0.1) is 0 Å². The third-order valence-corrected chi connectivity index (χ3v) is 3.15. The molecule has 1 aromatic carbocycles. The first-order valence-corrected chi connectivity index (χ1v) is 6.81. The first-order chi connectivity index (χ1) is 9.51. The minimum Gasteiger partial charge on any atom is -0.438 e. The van der Waals surface area contributed by atoms with E-state index in [0.717, 1.165) is 11.3 Å². The van der Waals surface area contributed by atoms with Crippen LogP contribution in [0.1, 0.15) is 36.5 Å². The van der Waals surface area contributed by atoms with Gasteiger partial charge in [-0.15, -0.1) is 0 Å². The summed E-state index contributed by atoms with van der Waals surface area (Å²) in [4.78, 5) is 8.54. The molecule has 1 N–H and O–H groups in total. The molecule has 4 nitrogen and oxygen atoms in total. The molecule has 2 rings (SSSR count). The number of hydrogen-bond acceptors (Lipinski definition) is 4.